The average molecular weight is 367 g/mol. The number of thioether (sulfide) groups is 1. The van der Waals surface area contributed by atoms with Crippen molar-refractivity contribution < 1.29 is 13.2 Å². The van der Waals surface area contributed by atoms with Crippen LogP contribution in [-0.2, 0) is 6.18 Å². The van der Waals surface area contributed by atoms with Gasteiger partial charge in [-0.15, -0.1) is 0 Å². The van der Waals surface area contributed by atoms with Crippen LogP contribution in [0, 0.1) is 5.92 Å². The Labute approximate surface area is 128 Å². The number of halogens is 4. The fourth-order valence-electron chi connectivity index (χ4n) is 1.75. The maximum atomic E-state index is 12.8. The minimum absolute atomic E-state index is 0.0385. The molecule has 1 atom stereocenters. The topological polar surface area (TPSA) is 24.4 Å². The summed E-state index contributed by atoms with van der Waals surface area (Å²) >= 11 is 4.50. The average Bonchev–Trinajstić information content (AvgIpc) is 2.79. The van der Waals surface area contributed by atoms with E-state index in [1.165, 1.54) is 6.07 Å². The minimum Gasteiger partial charge on any atom is -0.335 e. The molecule has 1 aromatic rings. The van der Waals surface area contributed by atoms with Crippen molar-refractivity contribution in [3.05, 3.63) is 28.2 Å². The highest BCUT2D eigenvalue weighted by molar-refractivity contribution is 9.10. The Morgan fingerprint density at radius 1 is 1.40 bits per heavy atom. The van der Waals surface area contributed by atoms with Crippen LogP contribution in [0.5, 0.6) is 0 Å². The molecule has 0 spiro atoms. The zero-order valence-electron chi connectivity index (χ0n) is 11.0. The van der Waals surface area contributed by atoms with E-state index in [-0.39, 0.29) is 4.47 Å². The molecule has 0 bridgehead atoms. The van der Waals surface area contributed by atoms with Gasteiger partial charge < -0.3 is 5.32 Å². The first-order chi connectivity index (χ1) is 9.27. The molecular formula is C13H14BrF3N2S. The predicted molar refractivity (Wildman–Crippen MR) is 81.3 cm³/mol. The fraction of sp³-hybridized carbons (Fsp3) is 0.462. The smallest absolute Gasteiger partial charge is 0.335 e. The molecule has 1 N–H and O–H groups in total. The first kappa shape index (κ1) is 15.7. The van der Waals surface area contributed by atoms with Gasteiger partial charge in [-0.3, -0.25) is 4.99 Å². The van der Waals surface area contributed by atoms with Crippen LogP contribution in [0.2, 0.25) is 0 Å². The number of benzene rings is 1. The van der Waals surface area contributed by atoms with E-state index in [1.54, 1.807) is 17.8 Å². The number of aliphatic imine (C=N–C) groups is 1. The molecule has 1 aliphatic heterocycles. The van der Waals surface area contributed by atoms with Crippen molar-refractivity contribution in [1.29, 1.82) is 0 Å². The lowest BCUT2D eigenvalue weighted by Gasteiger charge is -2.14. The first-order valence-electron chi connectivity index (χ1n) is 6.12. The summed E-state index contributed by atoms with van der Waals surface area (Å²) in [5.74, 6) is 0.485. The van der Waals surface area contributed by atoms with Gasteiger partial charge in [-0.1, -0.05) is 41.5 Å². The number of amidine groups is 1. The van der Waals surface area contributed by atoms with Crippen LogP contribution in [0.4, 0.5) is 18.9 Å². The van der Waals surface area contributed by atoms with E-state index in [1.807, 2.05) is 0 Å². The SMILES string of the molecule is CC(C)C1CN=C(Nc2ccc(Br)c(C(F)(F)F)c2)S1. The van der Waals surface area contributed by atoms with Crippen LogP contribution in [0.1, 0.15) is 19.4 Å². The second-order valence-corrected chi connectivity index (χ2v) is 6.95. The van der Waals surface area contributed by atoms with Crippen LogP contribution in [-0.4, -0.2) is 17.0 Å². The maximum Gasteiger partial charge on any atom is 0.417 e. The normalized spacial score (nSPS) is 19.4. The highest BCUT2D eigenvalue weighted by Gasteiger charge is 2.33. The van der Waals surface area contributed by atoms with Crippen molar-refractivity contribution in [2.45, 2.75) is 25.3 Å². The lowest BCUT2D eigenvalue weighted by molar-refractivity contribution is -0.138. The Kier molecular flexibility index (Phi) is 4.69. The summed E-state index contributed by atoms with van der Waals surface area (Å²) < 4.78 is 38.5. The molecule has 0 radical (unpaired) electrons. The largest absolute Gasteiger partial charge is 0.417 e. The van der Waals surface area contributed by atoms with Crippen LogP contribution in [0.25, 0.3) is 0 Å². The van der Waals surface area contributed by atoms with Gasteiger partial charge >= 0.3 is 6.18 Å². The second-order valence-electron chi connectivity index (χ2n) is 4.86. The standard InChI is InChI=1S/C13H14BrF3N2S/c1-7(2)11-6-18-12(20-11)19-8-3-4-10(14)9(5-8)13(15,16)17/h3-5,7,11H,6H2,1-2H3,(H,18,19). The molecular weight excluding hydrogens is 353 g/mol. The van der Waals surface area contributed by atoms with Crippen molar-refractivity contribution in [3.8, 4) is 0 Å². The third-order valence-electron chi connectivity index (χ3n) is 2.94. The van der Waals surface area contributed by atoms with Crippen molar-refractivity contribution in [2.75, 3.05) is 11.9 Å². The first-order valence-corrected chi connectivity index (χ1v) is 7.79. The Morgan fingerprint density at radius 3 is 2.65 bits per heavy atom. The highest BCUT2D eigenvalue weighted by Crippen LogP contribution is 2.37. The third-order valence-corrected chi connectivity index (χ3v) is 5.09. The summed E-state index contributed by atoms with van der Waals surface area (Å²) in [6.07, 6.45) is -4.37. The summed E-state index contributed by atoms with van der Waals surface area (Å²) in [5, 5.41) is 4.02. The van der Waals surface area contributed by atoms with Crippen molar-refractivity contribution in [2.24, 2.45) is 10.9 Å². The van der Waals surface area contributed by atoms with Gasteiger partial charge in [0.25, 0.3) is 0 Å². The van der Waals surface area contributed by atoms with Gasteiger partial charge in [-0.2, -0.15) is 13.2 Å². The summed E-state index contributed by atoms with van der Waals surface area (Å²) in [4.78, 5) is 4.32. The van der Waals surface area contributed by atoms with E-state index in [2.05, 4.69) is 40.1 Å². The Bertz CT molecular complexity index is 529. The number of hydrogen-bond donors (Lipinski definition) is 1. The molecule has 1 heterocycles. The van der Waals surface area contributed by atoms with E-state index >= 15 is 0 Å². The van der Waals surface area contributed by atoms with Gasteiger partial charge in [0.2, 0.25) is 0 Å². The lowest BCUT2D eigenvalue weighted by atomic mass is 10.1. The quantitative estimate of drug-likeness (QED) is 0.795. The van der Waals surface area contributed by atoms with Crippen molar-refractivity contribution in [3.63, 3.8) is 0 Å². The summed E-state index contributed by atoms with van der Waals surface area (Å²) in [5.41, 5.74) is -0.289. The Balaban J connectivity index is 2.12. The molecule has 7 heteroatoms. The molecule has 0 fully saturated rings. The lowest BCUT2D eigenvalue weighted by Crippen LogP contribution is -2.13. The fourth-order valence-corrected chi connectivity index (χ4v) is 3.26. The molecule has 20 heavy (non-hydrogen) atoms. The molecule has 2 nitrogen and oxygen atoms in total. The monoisotopic (exact) mass is 366 g/mol. The van der Waals surface area contributed by atoms with Crippen LogP contribution in [0.3, 0.4) is 0 Å². The second kappa shape index (κ2) is 5.97. The number of anilines is 1. The summed E-state index contributed by atoms with van der Waals surface area (Å²) in [7, 11) is 0. The molecule has 1 aliphatic rings. The number of nitrogens with zero attached hydrogens (tertiary/aromatic N) is 1. The molecule has 1 aromatic carbocycles. The number of hydrogen-bond acceptors (Lipinski definition) is 3. The summed E-state index contributed by atoms with van der Waals surface area (Å²) in [6, 6.07) is 4.09. The zero-order valence-corrected chi connectivity index (χ0v) is 13.4. The third kappa shape index (κ3) is 3.69. The Morgan fingerprint density at radius 2 is 2.10 bits per heavy atom. The van der Waals surface area contributed by atoms with E-state index in [9.17, 15) is 13.2 Å². The van der Waals surface area contributed by atoms with Gasteiger partial charge in [0.15, 0.2) is 5.17 Å². The van der Waals surface area contributed by atoms with Gasteiger partial charge in [0, 0.05) is 15.4 Å². The molecule has 0 saturated heterocycles. The minimum atomic E-state index is -4.37. The molecule has 2 rings (SSSR count). The van der Waals surface area contributed by atoms with Crippen LogP contribution in [0.15, 0.2) is 27.7 Å². The molecule has 0 aliphatic carbocycles. The Hall–Kier alpha value is -0.690. The number of nitrogens with one attached hydrogen (secondary N) is 1. The molecule has 0 amide bonds. The molecule has 0 aromatic heterocycles. The van der Waals surface area contributed by atoms with Gasteiger partial charge in [0.05, 0.1) is 12.1 Å². The number of alkyl halides is 3. The molecule has 0 saturated carbocycles. The zero-order chi connectivity index (χ0) is 14.9. The van der Waals surface area contributed by atoms with E-state index < -0.39 is 11.7 Å². The van der Waals surface area contributed by atoms with Gasteiger partial charge in [0.1, 0.15) is 0 Å². The van der Waals surface area contributed by atoms with Gasteiger partial charge in [-0.05, 0) is 24.1 Å². The molecule has 110 valence electrons. The molecule has 1 unspecified atom stereocenters. The summed E-state index contributed by atoms with van der Waals surface area (Å²) in [6.45, 7) is 4.92. The maximum absolute atomic E-state index is 12.8. The van der Waals surface area contributed by atoms with Gasteiger partial charge in [-0.25, -0.2) is 0 Å². The predicted octanol–water partition coefficient (Wildman–Crippen LogP) is 5.01. The highest BCUT2D eigenvalue weighted by atomic mass is 79.9. The van der Waals surface area contributed by atoms with E-state index in [0.29, 0.717) is 28.6 Å². The van der Waals surface area contributed by atoms with Crippen LogP contribution < -0.4 is 5.32 Å². The number of rotatable bonds is 2. The van der Waals surface area contributed by atoms with Crippen LogP contribution >= 0.6 is 27.7 Å². The van der Waals surface area contributed by atoms with Crippen molar-refractivity contribution in [1.82, 2.24) is 0 Å². The van der Waals surface area contributed by atoms with E-state index in [0.717, 1.165) is 6.07 Å². The van der Waals surface area contributed by atoms with E-state index in [4.69, 9.17) is 0 Å². The van der Waals surface area contributed by atoms with Crippen molar-refractivity contribution >= 4 is 38.5 Å².